The number of hydrogen-bond donors (Lipinski definition) is 1. The standard InChI is InChI=1S/C20H26N2O5/c1-4-18(23)21-16-8-7-9-17-14(11-16)10-15(20(25)27-6-3)12-22(17)13-19(24)26-5-2/h7-8,11-12H,4-6,9-10,13H2,1-3H3,(H,21,23). The van der Waals surface area contributed by atoms with E-state index in [9.17, 15) is 14.4 Å². The molecule has 1 heterocycles. The summed E-state index contributed by atoms with van der Waals surface area (Å²) in [7, 11) is 0. The Morgan fingerprint density at radius 1 is 1.15 bits per heavy atom. The molecule has 7 heteroatoms. The fraction of sp³-hybridized carbons (Fsp3) is 0.450. The van der Waals surface area contributed by atoms with Crippen LogP contribution in [0.2, 0.25) is 0 Å². The number of hydrogen-bond acceptors (Lipinski definition) is 6. The lowest BCUT2D eigenvalue weighted by molar-refractivity contribution is -0.144. The fourth-order valence-electron chi connectivity index (χ4n) is 2.88. The second kappa shape index (κ2) is 9.75. The summed E-state index contributed by atoms with van der Waals surface area (Å²) in [5.41, 5.74) is 2.88. The zero-order valence-electron chi connectivity index (χ0n) is 16.0. The van der Waals surface area contributed by atoms with Gasteiger partial charge in [-0.15, -0.1) is 0 Å². The highest BCUT2D eigenvalue weighted by molar-refractivity contribution is 5.89. The van der Waals surface area contributed by atoms with E-state index in [0.29, 0.717) is 37.1 Å². The fourth-order valence-corrected chi connectivity index (χ4v) is 2.88. The zero-order chi connectivity index (χ0) is 19.8. The van der Waals surface area contributed by atoms with E-state index in [4.69, 9.17) is 9.47 Å². The van der Waals surface area contributed by atoms with Crippen LogP contribution in [0.25, 0.3) is 0 Å². The van der Waals surface area contributed by atoms with Crippen molar-refractivity contribution < 1.29 is 23.9 Å². The summed E-state index contributed by atoms with van der Waals surface area (Å²) in [5.74, 6) is -0.875. The topological polar surface area (TPSA) is 84.9 Å². The monoisotopic (exact) mass is 374 g/mol. The van der Waals surface area contributed by atoms with Crippen LogP contribution in [0.5, 0.6) is 0 Å². The number of ether oxygens (including phenoxy) is 2. The van der Waals surface area contributed by atoms with Crippen LogP contribution in [0.4, 0.5) is 0 Å². The van der Waals surface area contributed by atoms with Gasteiger partial charge in [0.05, 0.1) is 18.8 Å². The van der Waals surface area contributed by atoms with E-state index in [1.54, 1.807) is 31.9 Å². The van der Waals surface area contributed by atoms with Crippen LogP contribution in [0, 0.1) is 0 Å². The second-order valence-electron chi connectivity index (χ2n) is 6.06. The summed E-state index contributed by atoms with van der Waals surface area (Å²) >= 11 is 0. The van der Waals surface area contributed by atoms with Crippen LogP contribution < -0.4 is 5.32 Å². The van der Waals surface area contributed by atoms with Crippen molar-refractivity contribution >= 4 is 17.8 Å². The first kappa shape index (κ1) is 20.5. The highest BCUT2D eigenvalue weighted by Gasteiger charge is 2.26. The van der Waals surface area contributed by atoms with Gasteiger partial charge in [-0.05, 0) is 31.6 Å². The van der Waals surface area contributed by atoms with Crippen molar-refractivity contribution in [2.24, 2.45) is 0 Å². The minimum absolute atomic E-state index is 0.00785. The molecule has 7 nitrogen and oxygen atoms in total. The third-order valence-corrected chi connectivity index (χ3v) is 4.10. The van der Waals surface area contributed by atoms with Crippen molar-refractivity contribution in [3.63, 3.8) is 0 Å². The van der Waals surface area contributed by atoms with Crippen molar-refractivity contribution in [3.05, 3.63) is 47.0 Å². The van der Waals surface area contributed by atoms with Gasteiger partial charge in [-0.1, -0.05) is 13.0 Å². The van der Waals surface area contributed by atoms with E-state index >= 15 is 0 Å². The molecule has 0 radical (unpaired) electrons. The lowest BCUT2D eigenvalue weighted by atomic mass is 9.98. The molecule has 2 aliphatic rings. The molecule has 1 amide bonds. The molecule has 2 rings (SSSR count). The van der Waals surface area contributed by atoms with Crippen LogP contribution in [0.3, 0.4) is 0 Å². The summed E-state index contributed by atoms with van der Waals surface area (Å²) in [5, 5.41) is 2.84. The Bertz CT molecular complexity index is 731. The van der Waals surface area contributed by atoms with Crippen LogP contribution in [-0.2, 0) is 23.9 Å². The Morgan fingerprint density at radius 2 is 1.89 bits per heavy atom. The molecule has 0 saturated heterocycles. The Kier molecular flexibility index (Phi) is 7.40. The number of carbonyl (C=O) groups is 3. The van der Waals surface area contributed by atoms with Gasteiger partial charge in [-0.2, -0.15) is 0 Å². The predicted molar refractivity (Wildman–Crippen MR) is 100.0 cm³/mol. The molecule has 0 unspecified atom stereocenters. The lowest BCUT2D eigenvalue weighted by Crippen LogP contribution is -2.30. The number of esters is 2. The number of allylic oxidation sites excluding steroid dienone is 4. The highest BCUT2D eigenvalue weighted by atomic mass is 16.5. The molecule has 146 valence electrons. The van der Waals surface area contributed by atoms with Gasteiger partial charge in [0, 0.05) is 36.9 Å². The minimum atomic E-state index is -0.414. The molecule has 27 heavy (non-hydrogen) atoms. The predicted octanol–water partition coefficient (Wildman–Crippen LogP) is 2.33. The van der Waals surface area contributed by atoms with Gasteiger partial charge < -0.3 is 19.7 Å². The third kappa shape index (κ3) is 5.57. The number of nitrogens with one attached hydrogen (secondary N) is 1. The van der Waals surface area contributed by atoms with Crippen LogP contribution in [0.1, 0.15) is 40.0 Å². The smallest absolute Gasteiger partial charge is 0.335 e. The Balaban J connectivity index is 2.34. The van der Waals surface area contributed by atoms with Crippen molar-refractivity contribution in [2.45, 2.75) is 40.0 Å². The SMILES string of the molecule is CCOC(=O)CN1C=C(C(=O)OCC)CC2=C1CC=CC(NC(=O)CC)=C2. The van der Waals surface area contributed by atoms with Gasteiger partial charge >= 0.3 is 11.9 Å². The van der Waals surface area contributed by atoms with Crippen LogP contribution >= 0.6 is 0 Å². The van der Waals surface area contributed by atoms with Gasteiger partial charge in [0.1, 0.15) is 6.54 Å². The highest BCUT2D eigenvalue weighted by Crippen LogP contribution is 2.31. The minimum Gasteiger partial charge on any atom is -0.465 e. The Hall–Kier alpha value is -2.83. The number of nitrogens with zero attached hydrogens (tertiary/aromatic N) is 1. The van der Waals surface area contributed by atoms with E-state index in [1.165, 1.54) is 0 Å². The average molecular weight is 374 g/mol. The molecular formula is C20H26N2O5. The summed E-state index contributed by atoms with van der Waals surface area (Å²) in [6.07, 6.45) is 8.58. The van der Waals surface area contributed by atoms with Crippen molar-refractivity contribution in [3.8, 4) is 0 Å². The maximum atomic E-state index is 12.3. The lowest BCUT2D eigenvalue weighted by Gasteiger charge is -2.29. The van der Waals surface area contributed by atoms with Gasteiger partial charge in [0.2, 0.25) is 5.91 Å². The molecule has 0 fully saturated rings. The largest absolute Gasteiger partial charge is 0.465 e. The van der Waals surface area contributed by atoms with Crippen LogP contribution in [0.15, 0.2) is 47.0 Å². The molecule has 1 aliphatic carbocycles. The first-order chi connectivity index (χ1) is 13.0. The molecule has 0 spiro atoms. The van der Waals surface area contributed by atoms with Gasteiger partial charge in [-0.3, -0.25) is 9.59 Å². The maximum Gasteiger partial charge on any atom is 0.335 e. The summed E-state index contributed by atoms with van der Waals surface area (Å²) in [6.45, 7) is 5.85. The molecule has 0 aromatic rings. The van der Waals surface area contributed by atoms with Crippen molar-refractivity contribution in [1.82, 2.24) is 10.2 Å². The van der Waals surface area contributed by atoms with E-state index in [2.05, 4.69) is 5.32 Å². The molecule has 0 atom stereocenters. The molecule has 0 aromatic carbocycles. The molecule has 0 bridgehead atoms. The molecular weight excluding hydrogens is 348 g/mol. The van der Waals surface area contributed by atoms with Crippen molar-refractivity contribution in [1.29, 1.82) is 0 Å². The van der Waals surface area contributed by atoms with Gasteiger partial charge in [0.15, 0.2) is 0 Å². The normalized spacial score (nSPS) is 16.0. The average Bonchev–Trinajstić information content (AvgIpc) is 2.83. The summed E-state index contributed by atoms with van der Waals surface area (Å²) in [6, 6.07) is 0. The zero-order valence-corrected chi connectivity index (χ0v) is 16.0. The number of rotatable bonds is 7. The van der Waals surface area contributed by atoms with Gasteiger partial charge in [-0.25, -0.2) is 4.79 Å². The quantitative estimate of drug-likeness (QED) is 0.689. The summed E-state index contributed by atoms with van der Waals surface area (Å²) < 4.78 is 10.2. The van der Waals surface area contributed by atoms with Crippen molar-refractivity contribution in [2.75, 3.05) is 19.8 Å². The molecule has 1 aliphatic heterocycles. The van der Waals surface area contributed by atoms with E-state index < -0.39 is 5.97 Å². The van der Waals surface area contributed by atoms with Gasteiger partial charge in [0.25, 0.3) is 0 Å². The molecule has 0 aromatic heterocycles. The Morgan fingerprint density at radius 3 is 2.56 bits per heavy atom. The van der Waals surface area contributed by atoms with E-state index in [1.807, 2.05) is 18.2 Å². The number of amides is 1. The summed E-state index contributed by atoms with van der Waals surface area (Å²) in [4.78, 5) is 37.7. The van der Waals surface area contributed by atoms with E-state index in [0.717, 1.165) is 11.3 Å². The first-order valence-corrected chi connectivity index (χ1v) is 9.18. The molecule has 1 N–H and O–H groups in total. The Labute approximate surface area is 159 Å². The molecule has 0 saturated carbocycles. The van der Waals surface area contributed by atoms with E-state index in [-0.39, 0.29) is 25.0 Å². The number of carbonyl (C=O) groups excluding carboxylic acids is 3. The van der Waals surface area contributed by atoms with Crippen LogP contribution in [-0.4, -0.2) is 42.5 Å². The maximum absolute atomic E-state index is 12.3. The third-order valence-electron chi connectivity index (χ3n) is 4.10. The second-order valence-corrected chi connectivity index (χ2v) is 6.06. The first-order valence-electron chi connectivity index (χ1n) is 9.18.